The molecule has 1 aliphatic carbocycles. The molecule has 1 N–H and O–H groups in total. The number of rotatable bonds is 5. The maximum Gasteiger partial charge on any atom is 0.401 e. The molecule has 0 amide bonds. The lowest BCUT2D eigenvalue weighted by molar-refractivity contribution is -0.125. The van der Waals surface area contributed by atoms with Crippen LogP contribution in [0.4, 0.5) is 13.2 Å². The SMILES string of the molecule is FC(F)(F)CNCCOC1CCCc2ccccc21. The van der Waals surface area contributed by atoms with Gasteiger partial charge in [-0.05, 0) is 30.4 Å². The van der Waals surface area contributed by atoms with Gasteiger partial charge in [0.25, 0.3) is 0 Å². The molecule has 0 saturated carbocycles. The van der Waals surface area contributed by atoms with Crippen LogP contribution >= 0.6 is 0 Å². The van der Waals surface area contributed by atoms with Gasteiger partial charge in [-0.15, -0.1) is 0 Å². The molecule has 0 radical (unpaired) electrons. The molecule has 1 atom stereocenters. The van der Waals surface area contributed by atoms with Crippen LogP contribution in [0.25, 0.3) is 0 Å². The Labute approximate surface area is 111 Å². The molecule has 0 heterocycles. The Morgan fingerprint density at radius 1 is 1.26 bits per heavy atom. The predicted octanol–water partition coefficient (Wildman–Crippen LogP) is 3.23. The molecule has 1 aliphatic rings. The Bertz CT molecular complexity index is 406. The number of hydrogen-bond acceptors (Lipinski definition) is 2. The normalized spacial score (nSPS) is 19.2. The molecule has 1 unspecified atom stereocenters. The molecule has 0 fully saturated rings. The summed E-state index contributed by atoms with van der Waals surface area (Å²) in [4.78, 5) is 0. The summed E-state index contributed by atoms with van der Waals surface area (Å²) < 4.78 is 41.5. The van der Waals surface area contributed by atoms with Crippen molar-refractivity contribution >= 4 is 0 Å². The lowest BCUT2D eigenvalue weighted by Crippen LogP contribution is -2.31. The maximum absolute atomic E-state index is 11.9. The molecule has 2 nitrogen and oxygen atoms in total. The lowest BCUT2D eigenvalue weighted by atomic mass is 9.89. The first-order valence-corrected chi connectivity index (χ1v) is 6.53. The molecular weight excluding hydrogens is 255 g/mol. The quantitative estimate of drug-likeness (QED) is 0.832. The second kappa shape index (κ2) is 6.39. The van der Waals surface area contributed by atoms with E-state index < -0.39 is 12.7 Å². The predicted molar refractivity (Wildman–Crippen MR) is 67.0 cm³/mol. The van der Waals surface area contributed by atoms with Gasteiger partial charge < -0.3 is 10.1 Å². The minimum atomic E-state index is -4.16. The van der Waals surface area contributed by atoms with Gasteiger partial charge in [0, 0.05) is 6.54 Å². The molecule has 2 rings (SSSR count). The number of benzene rings is 1. The zero-order valence-electron chi connectivity index (χ0n) is 10.7. The van der Waals surface area contributed by atoms with Crippen molar-refractivity contribution in [1.82, 2.24) is 5.32 Å². The van der Waals surface area contributed by atoms with E-state index in [0.29, 0.717) is 6.61 Å². The summed E-state index contributed by atoms with van der Waals surface area (Å²) >= 11 is 0. The molecule has 0 bridgehead atoms. The molecule has 106 valence electrons. The van der Waals surface area contributed by atoms with E-state index in [1.54, 1.807) is 0 Å². The molecule has 0 saturated heterocycles. The van der Waals surface area contributed by atoms with Gasteiger partial charge in [-0.2, -0.15) is 13.2 Å². The van der Waals surface area contributed by atoms with Crippen LogP contribution in [0.15, 0.2) is 24.3 Å². The van der Waals surface area contributed by atoms with Crippen LogP contribution in [-0.2, 0) is 11.2 Å². The van der Waals surface area contributed by atoms with Crippen molar-refractivity contribution in [3.8, 4) is 0 Å². The van der Waals surface area contributed by atoms with Crippen LogP contribution in [0.2, 0.25) is 0 Å². The van der Waals surface area contributed by atoms with E-state index in [1.165, 1.54) is 11.1 Å². The summed E-state index contributed by atoms with van der Waals surface area (Å²) in [6, 6.07) is 8.11. The van der Waals surface area contributed by atoms with Gasteiger partial charge in [0.15, 0.2) is 0 Å². The van der Waals surface area contributed by atoms with E-state index >= 15 is 0 Å². The van der Waals surface area contributed by atoms with Crippen molar-refractivity contribution in [2.45, 2.75) is 31.5 Å². The van der Waals surface area contributed by atoms with Crippen LogP contribution in [0.1, 0.15) is 30.1 Å². The zero-order valence-corrected chi connectivity index (χ0v) is 10.7. The number of halogens is 3. The van der Waals surface area contributed by atoms with Gasteiger partial charge in [-0.1, -0.05) is 24.3 Å². The fourth-order valence-electron chi connectivity index (χ4n) is 2.39. The summed E-state index contributed by atoms with van der Waals surface area (Å²) in [6.07, 6.45) is -1.06. The third-order valence-electron chi connectivity index (χ3n) is 3.24. The Morgan fingerprint density at radius 2 is 2.05 bits per heavy atom. The Hall–Kier alpha value is -1.07. The summed E-state index contributed by atoms with van der Waals surface area (Å²) in [5.41, 5.74) is 2.48. The molecular formula is C14H18F3NO. The number of alkyl halides is 3. The van der Waals surface area contributed by atoms with Crippen LogP contribution < -0.4 is 5.32 Å². The lowest BCUT2D eigenvalue weighted by Gasteiger charge is -2.25. The van der Waals surface area contributed by atoms with Gasteiger partial charge in [-0.3, -0.25) is 0 Å². The zero-order chi connectivity index (χ0) is 13.7. The first-order chi connectivity index (χ1) is 9.06. The van der Waals surface area contributed by atoms with Gasteiger partial charge >= 0.3 is 6.18 Å². The molecule has 0 aliphatic heterocycles. The molecule has 5 heteroatoms. The highest BCUT2D eigenvalue weighted by Crippen LogP contribution is 2.31. The maximum atomic E-state index is 11.9. The molecule has 19 heavy (non-hydrogen) atoms. The number of aryl methyl sites for hydroxylation is 1. The van der Waals surface area contributed by atoms with E-state index in [9.17, 15) is 13.2 Å². The Kier molecular flexibility index (Phi) is 4.82. The van der Waals surface area contributed by atoms with Crippen LogP contribution in [-0.4, -0.2) is 25.9 Å². The van der Waals surface area contributed by atoms with Crippen molar-refractivity contribution in [3.05, 3.63) is 35.4 Å². The monoisotopic (exact) mass is 273 g/mol. The smallest absolute Gasteiger partial charge is 0.372 e. The highest BCUT2D eigenvalue weighted by molar-refractivity contribution is 5.31. The van der Waals surface area contributed by atoms with Gasteiger partial charge in [0.2, 0.25) is 0 Å². The van der Waals surface area contributed by atoms with Crippen LogP contribution in [0.3, 0.4) is 0 Å². The summed E-state index contributed by atoms with van der Waals surface area (Å²) in [7, 11) is 0. The van der Waals surface area contributed by atoms with Gasteiger partial charge in [0.05, 0.1) is 19.3 Å². The van der Waals surface area contributed by atoms with E-state index in [-0.39, 0.29) is 12.6 Å². The topological polar surface area (TPSA) is 21.3 Å². The third kappa shape index (κ3) is 4.51. The molecule has 0 spiro atoms. The standard InChI is InChI=1S/C14H18F3NO/c15-14(16,17)10-18-8-9-19-13-7-3-5-11-4-1-2-6-12(11)13/h1-2,4,6,13,18H,3,5,7-10H2. The highest BCUT2D eigenvalue weighted by atomic mass is 19.4. The fourth-order valence-corrected chi connectivity index (χ4v) is 2.39. The highest BCUT2D eigenvalue weighted by Gasteiger charge is 2.26. The average molecular weight is 273 g/mol. The second-order valence-corrected chi connectivity index (χ2v) is 4.74. The molecule has 1 aromatic carbocycles. The van der Waals surface area contributed by atoms with Crippen molar-refractivity contribution in [3.63, 3.8) is 0 Å². The van der Waals surface area contributed by atoms with E-state index in [4.69, 9.17) is 4.74 Å². The average Bonchev–Trinajstić information content (AvgIpc) is 2.37. The first-order valence-electron chi connectivity index (χ1n) is 6.53. The van der Waals surface area contributed by atoms with E-state index in [2.05, 4.69) is 11.4 Å². The molecule has 0 aromatic heterocycles. The second-order valence-electron chi connectivity index (χ2n) is 4.74. The number of nitrogens with one attached hydrogen (secondary N) is 1. The molecule has 1 aromatic rings. The number of hydrogen-bond donors (Lipinski definition) is 1. The van der Waals surface area contributed by atoms with Crippen molar-refractivity contribution < 1.29 is 17.9 Å². The van der Waals surface area contributed by atoms with Crippen LogP contribution in [0.5, 0.6) is 0 Å². The van der Waals surface area contributed by atoms with E-state index in [0.717, 1.165) is 19.3 Å². The summed E-state index contributed by atoms with van der Waals surface area (Å²) in [5, 5.41) is 2.34. The van der Waals surface area contributed by atoms with Crippen molar-refractivity contribution in [2.24, 2.45) is 0 Å². The fraction of sp³-hybridized carbons (Fsp3) is 0.571. The number of fused-ring (bicyclic) bond motifs is 1. The van der Waals surface area contributed by atoms with Gasteiger partial charge in [-0.25, -0.2) is 0 Å². The minimum absolute atomic E-state index is 0.0256. The minimum Gasteiger partial charge on any atom is -0.372 e. The Morgan fingerprint density at radius 3 is 2.84 bits per heavy atom. The Balaban J connectivity index is 1.75. The van der Waals surface area contributed by atoms with Crippen molar-refractivity contribution in [1.29, 1.82) is 0 Å². The van der Waals surface area contributed by atoms with Crippen molar-refractivity contribution in [2.75, 3.05) is 19.7 Å². The largest absolute Gasteiger partial charge is 0.401 e. The first kappa shape index (κ1) is 14.3. The van der Waals surface area contributed by atoms with Crippen LogP contribution in [0, 0.1) is 0 Å². The summed E-state index contributed by atoms with van der Waals surface area (Å²) in [5.74, 6) is 0. The van der Waals surface area contributed by atoms with Gasteiger partial charge in [0.1, 0.15) is 0 Å². The summed E-state index contributed by atoms with van der Waals surface area (Å²) in [6.45, 7) is -0.440. The number of ether oxygens (including phenoxy) is 1. The van der Waals surface area contributed by atoms with E-state index in [1.807, 2.05) is 18.2 Å². The third-order valence-corrected chi connectivity index (χ3v) is 3.24.